The van der Waals surface area contributed by atoms with Crippen LogP contribution in [-0.2, 0) is 9.53 Å². The van der Waals surface area contributed by atoms with E-state index in [2.05, 4.69) is 15.3 Å². The maximum atomic E-state index is 12.0. The summed E-state index contributed by atoms with van der Waals surface area (Å²) in [6.07, 6.45) is 0.914. The normalized spacial score (nSPS) is 10.3. The predicted octanol–water partition coefficient (Wildman–Crippen LogP) is 0.999. The molecule has 3 aromatic rings. The SMILES string of the molecule is COc1ccc(-c2csc(NC(=O)COC(=O)c3c[nH]c(=O)[nH]c3=O)n2)cc1OC. The summed E-state index contributed by atoms with van der Waals surface area (Å²) in [7, 11) is 3.06. The van der Waals surface area contributed by atoms with Crippen LogP contribution in [0.2, 0.25) is 0 Å². The molecule has 0 unspecified atom stereocenters. The van der Waals surface area contributed by atoms with Crippen LogP contribution in [0.3, 0.4) is 0 Å². The molecular weight excluding hydrogens is 416 g/mol. The Kier molecular flexibility index (Phi) is 6.27. The molecule has 0 saturated carbocycles. The van der Waals surface area contributed by atoms with Gasteiger partial charge in [-0.2, -0.15) is 0 Å². The van der Waals surface area contributed by atoms with E-state index in [9.17, 15) is 19.2 Å². The van der Waals surface area contributed by atoms with Crippen molar-refractivity contribution in [2.24, 2.45) is 0 Å². The summed E-state index contributed by atoms with van der Waals surface area (Å²) in [4.78, 5) is 54.7. The molecule has 2 heterocycles. The molecule has 0 radical (unpaired) electrons. The highest BCUT2D eigenvalue weighted by Crippen LogP contribution is 2.33. The molecule has 30 heavy (non-hydrogen) atoms. The second-order valence-corrected chi connectivity index (χ2v) is 6.58. The van der Waals surface area contributed by atoms with E-state index < -0.39 is 35.3 Å². The first-order valence-corrected chi connectivity index (χ1v) is 9.26. The Labute approximate surface area is 172 Å². The van der Waals surface area contributed by atoms with Crippen molar-refractivity contribution in [3.8, 4) is 22.8 Å². The number of esters is 1. The molecule has 0 aliphatic rings. The largest absolute Gasteiger partial charge is 0.493 e. The van der Waals surface area contributed by atoms with E-state index in [4.69, 9.17) is 14.2 Å². The Morgan fingerprint density at radius 2 is 1.93 bits per heavy atom. The Morgan fingerprint density at radius 1 is 1.17 bits per heavy atom. The molecular formula is C18H16N4O7S. The standard InChI is InChI=1S/C18H16N4O7S/c1-27-12-4-3-9(5-13(12)28-2)11-8-30-18(20-11)21-14(23)7-29-16(25)10-6-19-17(26)22-15(10)24/h3-6,8H,7H2,1-2H3,(H,20,21,23)(H2,19,22,24,26). The summed E-state index contributed by atoms with van der Waals surface area (Å²) in [6.45, 7) is -0.636. The molecule has 0 bridgehead atoms. The molecule has 0 fully saturated rings. The van der Waals surface area contributed by atoms with Gasteiger partial charge in [-0.3, -0.25) is 19.9 Å². The molecule has 0 atom stereocenters. The first kappa shape index (κ1) is 20.8. The van der Waals surface area contributed by atoms with Crippen LogP contribution in [0, 0.1) is 0 Å². The van der Waals surface area contributed by atoms with Gasteiger partial charge in [0.1, 0.15) is 5.56 Å². The number of hydrogen-bond donors (Lipinski definition) is 3. The Hall–Kier alpha value is -3.93. The van der Waals surface area contributed by atoms with Gasteiger partial charge in [0.05, 0.1) is 19.9 Å². The lowest BCUT2D eigenvalue weighted by Gasteiger charge is -2.08. The summed E-state index contributed by atoms with van der Waals surface area (Å²) in [5.74, 6) is -0.573. The number of ether oxygens (including phenoxy) is 3. The van der Waals surface area contributed by atoms with Gasteiger partial charge in [0.25, 0.3) is 11.5 Å². The van der Waals surface area contributed by atoms with Gasteiger partial charge in [0.2, 0.25) is 0 Å². The number of methoxy groups -OCH3 is 2. The van der Waals surface area contributed by atoms with E-state index in [-0.39, 0.29) is 0 Å². The van der Waals surface area contributed by atoms with Crippen LogP contribution < -0.4 is 26.0 Å². The monoisotopic (exact) mass is 432 g/mol. The quantitative estimate of drug-likeness (QED) is 0.468. The van der Waals surface area contributed by atoms with Crippen molar-refractivity contribution >= 4 is 28.3 Å². The summed E-state index contributed by atoms with van der Waals surface area (Å²) in [5, 5.41) is 4.54. The van der Waals surface area contributed by atoms with Gasteiger partial charge in [-0.1, -0.05) is 0 Å². The van der Waals surface area contributed by atoms with Gasteiger partial charge in [0.15, 0.2) is 23.2 Å². The lowest BCUT2D eigenvalue weighted by molar-refractivity contribution is -0.119. The van der Waals surface area contributed by atoms with Crippen molar-refractivity contribution in [1.29, 1.82) is 0 Å². The topological polar surface area (TPSA) is 152 Å². The number of rotatable bonds is 7. The summed E-state index contributed by atoms with van der Waals surface area (Å²) in [6, 6.07) is 5.29. The molecule has 0 spiro atoms. The number of anilines is 1. The highest BCUT2D eigenvalue weighted by Gasteiger charge is 2.16. The third-order valence-corrected chi connectivity index (χ3v) is 4.56. The van der Waals surface area contributed by atoms with Gasteiger partial charge in [-0.15, -0.1) is 11.3 Å². The lowest BCUT2D eigenvalue weighted by atomic mass is 10.1. The van der Waals surface area contributed by atoms with Gasteiger partial charge in [-0.05, 0) is 18.2 Å². The Bertz CT molecular complexity index is 1200. The fourth-order valence-corrected chi connectivity index (χ4v) is 3.12. The van der Waals surface area contributed by atoms with Crippen LogP contribution >= 0.6 is 11.3 Å². The van der Waals surface area contributed by atoms with Crippen LogP contribution in [0.25, 0.3) is 11.3 Å². The molecule has 12 heteroatoms. The molecule has 2 aromatic heterocycles. The maximum Gasteiger partial charge on any atom is 0.345 e. The number of nitrogens with one attached hydrogen (secondary N) is 3. The average molecular weight is 432 g/mol. The molecule has 3 N–H and O–H groups in total. The second-order valence-electron chi connectivity index (χ2n) is 5.72. The lowest BCUT2D eigenvalue weighted by Crippen LogP contribution is -2.29. The average Bonchev–Trinajstić information content (AvgIpc) is 3.19. The minimum atomic E-state index is -1.05. The third-order valence-electron chi connectivity index (χ3n) is 3.80. The van der Waals surface area contributed by atoms with Gasteiger partial charge < -0.3 is 19.2 Å². The van der Waals surface area contributed by atoms with Crippen molar-refractivity contribution in [2.45, 2.75) is 0 Å². The zero-order valence-corrected chi connectivity index (χ0v) is 16.6. The number of hydrogen-bond acceptors (Lipinski definition) is 9. The second kappa shape index (κ2) is 9.05. The Morgan fingerprint density at radius 3 is 2.63 bits per heavy atom. The van der Waals surface area contributed by atoms with E-state index in [1.807, 2.05) is 4.98 Å². The molecule has 0 saturated heterocycles. The molecule has 1 aromatic carbocycles. The number of carbonyl (C=O) groups excluding carboxylic acids is 2. The highest BCUT2D eigenvalue weighted by atomic mass is 32.1. The van der Waals surface area contributed by atoms with Crippen molar-refractivity contribution in [2.75, 3.05) is 26.1 Å². The molecule has 0 aliphatic heterocycles. The van der Waals surface area contributed by atoms with Crippen LogP contribution in [0.15, 0.2) is 39.4 Å². The molecule has 156 valence electrons. The van der Waals surface area contributed by atoms with Crippen molar-refractivity contribution < 1.29 is 23.8 Å². The number of H-pyrrole nitrogens is 2. The van der Waals surface area contributed by atoms with Crippen LogP contribution in [0.5, 0.6) is 11.5 Å². The third kappa shape index (κ3) is 4.72. The molecule has 1 amide bonds. The minimum absolute atomic E-state index is 0.294. The molecule has 3 rings (SSSR count). The number of thiazole rings is 1. The maximum absolute atomic E-state index is 12.0. The fraction of sp³-hybridized carbons (Fsp3) is 0.167. The summed E-state index contributed by atoms with van der Waals surface area (Å²) >= 11 is 1.18. The summed E-state index contributed by atoms with van der Waals surface area (Å²) < 4.78 is 15.2. The van der Waals surface area contributed by atoms with Crippen LogP contribution in [0.1, 0.15) is 10.4 Å². The zero-order chi connectivity index (χ0) is 21.7. The van der Waals surface area contributed by atoms with Crippen molar-refractivity contribution in [3.05, 3.63) is 56.2 Å². The number of nitrogens with zero attached hydrogens (tertiary/aromatic N) is 1. The number of aromatic amines is 2. The smallest absolute Gasteiger partial charge is 0.345 e. The Balaban J connectivity index is 1.62. The highest BCUT2D eigenvalue weighted by molar-refractivity contribution is 7.14. The van der Waals surface area contributed by atoms with E-state index in [1.165, 1.54) is 25.6 Å². The van der Waals surface area contributed by atoms with E-state index in [0.29, 0.717) is 22.3 Å². The fourth-order valence-electron chi connectivity index (χ4n) is 2.38. The van der Waals surface area contributed by atoms with Gasteiger partial charge in [0, 0.05) is 17.1 Å². The van der Waals surface area contributed by atoms with E-state index >= 15 is 0 Å². The first-order chi connectivity index (χ1) is 14.4. The summed E-state index contributed by atoms with van der Waals surface area (Å²) in [5.41, 5.74) is -0.736. The first-order valence-electron chi connectivity index (χ1n) is 8.38. The zero-order valence-electron chi connectivity index (χ0n) is 15.8. The van der Waals surface area contributed by atoms with E-state index in [0.717, 1.165) is 11.8 Å². The number of aromatic nitrogens is 3. The van der Waals surface area contributed by atoms with Gasteiger partial charge >= 0.3 is 11.7 Å². The van der Waals surface area contributed by atoms with E-state index in [1.54, 1.807) is 23.6 Å². The molecule has 11 nitrogen and oxygen atoms in total. The van der Waals surface area contributed by atoms with Crippen LogP contribution in [0.4, 0.5) is 5.13 Å². The number of amides is 1. The molecule has 0 aliphatic carbocycles. The van der Waals surface area contributed by atoms with Crippen molar-refractivity contribution in [3.63, 3.8) is 0 Å². The number of carbonyl (C=O) groups is 2. The van der Waals surface area contributed by atoms with Gasteiger partial charge in [-0.25, -0.2) is 14.6 Å². The van der Waals surface area contributed by atoms with Crippen LogP contribution in [-0.4, -0.2) is 47.7 Å². The minimum Gasteiger partial charge on any atom is -0.493 e. The number of benzene rings is 1. The van der Waals surface area contributed by atoms with Crippen molar-refractivity contribution in [1.82, 2.24) is 15.0 Å². The predicted molar refractivity (Wildman–Crippen MR) is 107 cm³/mol.